The molecule has 3 aromatic rings. The van der Waals surface area contributed by atoms with Crippen molar-refractivity contribution in [3.05, 3.63) is 47.4 Å². The zero-order valence-electron chi connectivity index (χ0n) is 11.0. The van der Waals surface area contributed by atoms with Gasteiger partial charge in [0.05, 0.1) is 5.69 Å². The molecule has 2 aromatic heterocycles. The molecule has 4 nitrogen and oxygen atoms in total. The Balaban J connectivity index is 2.22. The van der Waals surface area contributed by atoms with Gasteiger partial charge in [0.2, 0.25) is 0 Å². The van der Waals surface area contributed by atoms with Crippen LogP contribution in [0.1, 0.15) is 23.2 Å². The molecule has 6 heteroatoms. The van der Waals surface area contributed by atoms with Crippen LogP contribution in [0.3, 0.4) is 0 Å². The third kappa shape index (κ3) is 2.03. The third-order valence-corrected chi connectivity index (χ3v) is 3.31. The van der Waals surface area contributed by atoms with Crippen molar-refractivity contribution in [3.63, 3.8) is 0 Å². The van der Waals surface area contributed by atoms with E-state index in [0.717, 1.165) is 21.2 Å². The fraction of sp³-hybridized carbons (Fsp3) is 0.214. The highest BCUT2D eigenvalue weighted by molar-refractivity contribution is 5.63. The fourth-order valence-electron chi connectivity index (χ4n) is 2.04. The Kier molecular flexibility index (Phi) is 2.93. The van der Waals surface area contributed by atoms with Crippen LogP contribution in [0.2, 0.25) is 0 Å². The van der Waals surface area contributed by atoms with Gasteiger partial charge in [0.15, 0.2) is 0 Å². The lowest BCUT2D eigenvalue weighted by Gasteiger charge is -2.08. The van der Waals surface area contributed by atoms with Crippen LogP contribution in [0.5, 0.6) is 0 Å². The number of halogens is 2. The number of alkyl halides is 2. The van der Waals surface area contributed by atoms with Gasteiger partial charge in [0.25, 0.3) is 12.2 Å². The van der Waals surface area contributed by atoms with Crippen molar-refractivity contribution >= 4 is 5.78 Å². The number of fused-ring (bicyclic) bond motifs is 1. The minimum atomic E-state index is -2.63. The number of benzene rings is 1. The molecule has 0 aliphatic carbocycles. The first-order chi connectivity index (χ1) is 9.56. The molecule has 0 aliphatic heterocycles. The van der Waals surface area contributed by atoms with Crippen LogP contribution >= 0.6 is 0 Å². The quantitative estimate of drug-likeness (QED) is 0.719. The van der Waals surface area contributed by atoms with Crippen molar-refractivity contribution in [1.82, 2.24) is 19.6 Å². The molecule has 0 spiro atoms. The van der Waals surface area contributed by atoms with E-state index < -0.39 is 6.43 Å². The lowest BCUT2D eigenvalue weighted by molar-refractivity contribution is 0.143. The summed E-state index contributed by atoms with van der Waals surface area (Å²) in [7, 11) is 0. The Morgan fingerprint density at radius 1 is 1.10 bits per heavy atom. The second-order valence-electron chi connectivity index (χ2n) is 4.64. The summed E-state index contributed by atoms with van der Waals surface area (Å²) in [5.41, 5.74) is 3.29. The number of hydrogen-bond acceptors (Lipinski definition) is 3. The lowest BCUT2D eigenvalue weighted by Crippen LogP contribution is -2.02. The van der Waals surface area contributed by atoms with Crippen LogP contribution in [0, 0.1) is 13.8 Å². The smallest absolute Gasteiger partial charge is 0.211 e. The predicted molar refractivity (Wildman–Crippen MR) is 70.6 cm³/mol. The van der Waals surface area contributed by atoms with Crippen LogP contribution in [-0.2, 0) is 0 Å². The predicted octanol–water partition coefficient (Wildman–Crippen LogP) is 3.35. The van der Waals surface area contributed by atoms with Gasteiger partial charge in [-0.25, -0.2) is 13.8 Å². The van der Waals surface area contributed by atoms with E-state index in [1.165, 1.54) is 12.4 Å². The largest absolute Gasteiger partial charge is 0.280 e. The summed E-state index contributed by atoms with van der Waals surface area (Å²) in [4.78, 5) is 8.17. The zero-order valence-corrected chi connectivity index (χ0v) is 11.0. The van der Waals surface area contributed by atoms with Crippen molar-refractivity contribution in [2.24, 2.45) is 0 Å². The molecule has 0 unspecified atom stereocenters. The molecular formula is C14H12F2N4. The summed E-state index contributed by atoms with van der Waals surface area (Å²) in [6, 6.07) is 7.10. The van der Waals surface area contributed by atoms with Gasteiger partial charge in [-0.05, 0) is 37.1 Å². The first-order valence-electron chi connectivity index (χ1n) is 6.12. The molecule has 0 aliphatic rings. The molecule has 3 rings (SSSR count). The van der Waals surface area contributed by atoms with Gasteiger partial charge in [-0.1, -0.05) is 12.1 Å². The summed E-state index contributed by atoms with van der Waals surface area (Å²) in [5, 5.41) is 3.77. The summed E-state index contributed by atoms with van der Waals surface area (Å²) < 4.78 is 27.3. The molecule has 0 saturated heterocycles. The van der Waals surface area contributed by atoms with Gasteiger partial charge < -0.3 is 0 Å². The van der Waals surface area contributed by atoms with Crippen molar-refractivity contribution in [2.45, 2.75) is 20.3 Å². The van der Waals surface area contributed by atoms with Crippen molar-refractivity contribution in [3.8, 4) is 11.3 Å². The molecule has 0 fully saturated rings. The Morgan fingerprint density at radius 2 is 1.90 bits per heavy atom. The molecule has 0 bridgehead atoms. The zero-order chi connectivity index (χ0) is 14.3. The van der Waals surface area contributed by atoms with Crippen LogP contribution in [0.4, 0.5) is 8.78 Å². The standard InChI is InChI=1S/C14H12F2N4/c1-8-3-4-10(5-9(8)2)11-6-12(13(15)16)20-14(19-11)17-7-18-20/h3-7,13H,1-2H3. The molecule has 2 heterocycles. The maximum absolute atomic E-state index is 13.1. The molecule has 102 valence electrons. The summed E-state index contributed by atoms with van der Waals surface area (Å²) in [6.45, 7) is 3.97. The SMILES string of the molecule is Cc1ccc(-c2cc(C(F)F)n3ncnc3n2)cc1C. The highest BCUT2D eigenvalue weighted by Crippen LogP contribution is 2.26. The minimum Gasteiger partial charge on any atom is -0.211 e. The second-order valence-corrected chi connectivity index (χ2v) is 4.64. The average Bonchev–Trinajstić information content (AvgIpc) is 2.88. The fourth-order valence-corrected chi connectivity index (χ4v) is 2.04. The third-order valence-electron chi connectivity index (χ3n) is 3.31. The van der Waals surface area contributed by atoms with Gasteiger partial charge in [-0.15, -0.1) is 0 Å². The second kappa shape index (κ2) is 4.63. The van der Waals surface area contributed by atoms with Crippen LogP contribution < -0.4 is 0 Å². The Hall–Kier alpha value is -2.37. The number of aryl methyl sites for hydroxylation is 2. The van der Waals surface area contributed by atoms with E-state index in [1.807, 2.05) is 32.0 Å². The number of hydrogen-bond donors (Lipinski definition) is 0. The summed E-state index contributed by atoms with van der Waals surface area (Å²) in [6.07, 6.45) is -1.41. The summed E-state index contributed by atoms with van der Waals surface area (Å²) >= 11 is 0. The Morgan fingerprint density at radius 3 is 2.60 bits per heavy atom. The first kappa shape index (κ1) is 12.7. The van der Waals surface area contributed by atoms with Crippen LogP contribution in [0.15, 0.2) is 30.6 Å². The maximum Gasteiger partial charge on any atom is 0.280 e. The molecule has 20 heavy (non-hydrogen) atoms. The van der Waals surface area contributed by atoms with E-state index in [-0.39, 0.29) is 11.5 Å². The molecule has 0 N–H and O–H groups in total. The van der Waals surface area contributed by atoms with Crippen molar-refractivity contribution < 1.29 is 8.78 Å². The van der Waals surface area contributed by atoms with E-state index in [9.17, 15) is 8.78 Å². The number of rotatable bonds is 2. The Bertz CT molecular complexity index is 780. The van der Waals surface area contributed by atoms with Crippen molar-refractivity contribution in [1.29, 1.82) is 0 Å². The molecule has 0 radical (unpaired) electrons. The number of aromatic nitrogens is 4. The van der Waals surface area contributed by atoms with Gasteiger partial charge in [0, 0.05) is 5.56 Å². The van der Waals surface area contributed by atoms with E-state index in [1.54, 1.807) is 0 Å². The number of nitrogens with zero attached hydrogens (tertiary/aromatic N) is 4. The maximum atomic E-state index is 13.1. The van der Waals surface area contributed by atoms with E-state index in [2.05, 4.69) is 15.1 Å². The lowest BCUT2D eigenvalue weighted by atomic mass is 10.0. The molecule has 0 saturated carbocycles. The average molecular weight is 274 g/mol. The minimum absolute atomic E-state index is 0.177. The highest BCUT2D eigenvalue weighted by atomic mass is 19.3. The van der Waals surface area contributed by atoms with Gasteiger partial charge in [0.1, 0.15) is 12.0 Å². The highest BCUT2D eigenvalue weighted by Gasteiger charge is 2.16. The van der Waals surface area contributed by atoms with Gasteiger partial charge in [-0.2, -0.15) is 14.6 Å². The summed E-state index contributed by atoms with van der Waals surface area (Å²) in [5.74, 6) is 0.177. The van der Waals surface area contributed by atoms with Gasteiger partial charge >= 0.3 is 0 Å². The van der Waals surface area contributed by atoms with E-state index in [0.29, 0.717) is 5.69 Å². The molecule has 0 atom stereocenters. The van der Waals surface area contributed by atoms with Gasteiger partial charge in [-0.3, -0.25) is 0 Å². The monoisotopic (exact) mass is 274 g/mol. The molecular weight excluding hydrogens is 262 g/mol. The van der Waals surface area contributed by atoms with E-state index >= 15 is 0 Å². The normalized spacial score (nSPS) is 11.4. The first-order valence-corrected chi connectivity index (χ1v) is 6.12. The van der Waals surface area contributed by atoms with E-state index in [4.69, 9.17) is 0 Å². The topological polar surface area (TPSA) is 43.1 Å². The van der Waals surface area contributed by atoms with Crippen LogP contribution in [-0.4, -0.2) is 19.6 Å². The Labute approximate surface area is 114 Å². The van der Waals surface area contributed by atoms with Crippen molar-refractivity contribution in [2.75, 3.05) is 0 Å². The molecule has 1 aromatic carbocycles. The molecule has 0 amide bonds. The van der Waals surface area contributed by atoms with Crippen LogP contribution in [0.25, 0.3) is 17.0 Å².